The molecule has 0 aliphatic heterocycles. The van der Waals surface area contributed by atoms with Crippen LogP contribution in [-0.4, -0.2) is 26.3 Å². The van der Waals surface area contributed by atoms with Crippen molar-refractivity contribution in [1.29, 1.82) is 0 Å². The highest BCUT2D eigenvalue weighted by Gasteiger charge is 2.23. The second-order valence-electron chi connectivity index (χ2n) is 4.89. The van der Waals surface area contributed by atoms with Gasteiger partial charge in [-0.05, 0) is 37.1 Å². The van der Waals surface area contributed by atoms with E-state index in [1.807, 2.05) is 17.5 Å². The third-order valence-corrected chi connectivity index (χ3v) is 5.63. The first-order valence-corrected chi connectivity index (χ1v) is 8.86. The van der Waals surface area contributed by atoms with E-state index < -0.39 is 10.0 Å². The third-order valence-electron chi connectivity index (χ3n) is 3.26. The van der Waals surface area contributed by atoms with Gasteiger partial charge in [0.15, 0.2) is 0 Å². The molecule has 1 saturated carbocycles. The minimum atomic E-state index is -3.18. The van der Waals surface area contributed by atoms with E-state index in [0.717, 1.165) is 30.6 Å². The quantitative estimate of drug-likeness (QED) is 0.862. The molecule has 1 fully saturated rings. The van der Waals surface area contributed by atoms with E-state index in [4.69, 9.17) is 5.73 Å². The highest BCUT2D eigenvalue weighted by Crippen LogP contribution is 2.18. The Balaban J connectivity index is 1.83. The van der Waals surface area contributed by atoms with Crippen molar-refractivity contribution in [3.63, 3.8) is 0 Å². The molecule has 102 valence electrons. The summed E-state index contributed by atoms with van der Waals surface area (Å²) in [6.07, 6.45) is 4.28. The lowest BCUT2D eigenvalue weighted by Gasteiger charge is -2.27. The van der Waals surface area contributed by atoms with E-state index in [-0.39, 0.29) is 17.8 Å². The molecule has 6 heteroatoms. The van der Waals surface area contributed by atoms with Gasteiger partial charge >= 0.3 is 0 Å². The molecule has 1 aliphatic rings. The van der Waals surface area contributed by atoms with Gasteiger partial charge in [-0.15, -0.1) is 11.3 Å². The summed E-state index contributed by atoms with van der Waals surface area (Å²) in [7, 11) is -3.18. The van der Waals surface area contributed by atoms with Gasteiger partial charge in [0.1, 0.15) is 0 Å². The molecular formula is C12H20N2O2S2. The van der Waals surface area contributed by atoms with Crippen LogP contribution < -0.4 is 10.5 Å². The van der Waals surface area contributed by atoms with Crippen molar-refractivity contribution in [2.75, 3.05) is 5.75 Å². The SMILES string of the molecule is NC1CCCC(NS(=O)(=O)CCc2cccs2)C1. The lowest BCUT2D eigenvalue weighted by atomic mass is 9.92. The Morgan fingerprint density at radius 1 is 1.44 bits per heavy atom. The van der Waals surface area contributed by atoms with Crippen molar-refractivity contribution in [2.24, 2.45) is 5.73 Å². The van der Waals surface area contributed by atoms with Crippen molar-refractivity contribution in [1.82, 2.24) is 4.72 Å². The van der Waals surface area contributed by atoms with E-state index in [1.54, 1.807) is 11.3 Å². The number of sulfonamides is 1. The maximum atomic E-state index is 12.0. The summed E-state index contributed by atoms with van der Waals surface area (Å²) in [5.41, 5.74) is 5.86. The highest BCUT2D eigenvalue weighted by molar-refractivity contribution is 7.89. The predicted molar refractivity (Wildman–Crippen MR) is 75.2 cm³/mol. The van der Waals surface area contributed by atoms with Gasteiger partial charge in [-0.25, -0.2) is 13.1 Å². The first kappa shape index (κ1) is 14.0. The third kappa shape index (κ3) is 4.35. The Labute approximate surface area is 113 Å². The maximum absolute atomic E-state index is 12.0. The van der Waals surface area contributed by atoms with Gasteiger partial charge in [0.2, 0.25) is 10.0 Å². The molecule has 0 saturated heterocycles. The van der Waals surface area contributed by atoms with Crippen LogP contribution in [-0.2, 0) is 16.4 Å². The van der Waals surface area contributed by atoms with Crippen molar-refractivity contribution in [3.8, 4) is 0 Å². The summed E-state index contributed by atoms with van der Waals surface area (Å²) in [6, 6.07) is 4.09. The zero-order chi connectivity index (χ0) is 13.0. The first-order chi connectivity index (χ1) is 8.55. The fourth-order valence-electron chi connectivity index (χ4n) is 2.34. The van der Waals surface area contributed by atoms with Crippen molar-refractivity contribution < 1.29 is 8.42 Å². The standard InChI is InChI=1S/C12H20N2O2S2/c13-10-3-1-4-11(9-10)14-18(15,16)8-6-12-5-2-7-17-12/h2,5,7,10-11,14H,1,3-4,6,8-9,13H2. The molecule has 0 bridgehead atoms. The van der Waals surface area contributed by atoms with Crippen LogP contribution in [0, 0.1) is 0 Å². The summed E-state index contributed by atoms with van der Waals surface area (Å²) >= 11 is 1.60. The number of hydrogen-bond acceptors (Lipinski definition) is 4. The van der Waals surface area contributed by atoms with Crippen LogP contribution in [0.1, 0.15) is 30.6 Å². The summed E-state index contributed by atoms with van der Waals surface area (Å²) in [5, 5.41) is 1.97. The molecule has 0 amide bonds. The topological polar surface area (TPSA) is 72.2 Å². The van der Waals surface area contributed by atoms with Crippen molar-refractivity contribution >= 4 is 21.4 Å². The number of thiophene rings is 1. The lowest BCUT2D eigenvalue weighted by molar-refractivity contribution is 0.371. The van der Waals surface area contributed by atoms with Gasteiger partial charge in [-0.1, -0.05) is 12.5 Å². The number of rotatable bonds is 5. The summed E-state index contributed by atoms with van der Waals surface area (Å²) in [5.74, 6) is 0.166. The summed E-state index contributed by atoms with van der Waals surface area (Å²) in [4.78, 5) is 1.11. The fourth-order valence-corrected chi connectivity index (χ4v) is 4.50. The smallest absolute Gasteiger partial charge is 0.212 e. The number of aryl methyl sites for hydroxylation is 1. The molecule has 18 heavy (non-hydrogen) atoms. The van der Waals surface area contributed by atoms with Gasteiger partial charge in [-0.3, -0.25) is 0 Å². The molecule has 1 aromatic rings. The number of hydrogen-bond donors (Lipinski definition) is 2. The maximum Gasteiger partial charge on any atom is 0.212 e. The second kappa shape index (κ2) is 6.14. The fraction of sp³-hybridized carbons (Fsp3) is 0.667. The Morgan fingerprint density at radius 2 is 2.28 bits per heavy atom. The van der Waals surface area contributed by atoms with Crippen LogP contribution in [0.2, 0.25) is 0 Å². The van der Waals surface area contributed by atoms with Crippen LogP contribution >= 0.6 is 11.3 Å². The van der Waals surface area contributed by atoms with Crippen molar-refractivity contribution in [2.45, 2.75) is 44.2 Å². The van der Waals surface area contributed by atoms with Gasteiger partial charge in [-0.2, -0.15) is 0 Å². The number of nitrogens with one attached hydrogen (secondary N) is 1. The summed E-state index contributed by atoms with van der Waals surface area (Å²) < 4.78 is 26.7. The van der Waals surface area contributed by atoms with E-state index >= 15 is 0 Å². The molecule has 1 heterocycles. The Hall–Kier alpha value is -0.430. The predicted octanol–water partition coefficient (Wildman–Crippen LogP) is 1.48. The van der Waals surface area contributed by atoms with E-state index in [0.29, 0.717) is 6.42 Å². The van der Waals surface area contributed by atoms with Crippen LogP contribution in [0.15, 0.2) is 17.5 Å². The first-order valence-electron chi connectivity index (χ1n) is 6.33. The minimum absolute atomic E-state index is 0.0297. The minimum Gasteiger partial charge on any atom is -0.328 e. The molecule has 1 aliphatic carbocycles. The van der Waals surface area contributed by atoms with Gasteiger partial charge in [0.05, 0.1) is 5.75 Å². The summed E-state index contributed by atoms with van der Waals surface area (Å²) in [6.45, 7) is 0. The molecule has 2 unspecified atom stereocenters. The average Bonchev–Trinajstić information content (AvgIpc) is 2.78. The highest BCUT2D eigenvalue weighted by atomic mass is 32.2. The largest absolute Gasteiger partial charge is 0.328 e. The van der Waals surface area contributed by atoms with E-state index in [9.17, 15) is 8.42 Å². The van der Waals surface area contributed by atoms with Gasteiger partial charge in [0.25, 0.3) is 0 Å². The molecule has 2 rings (SSSR count). The Bertz CT molecular complexity index is 456. The van der Waals surface area contributed by atoms with Crippen LogP contribution in [0.25, 0.3) is 0 Å². The molecular weight excluding hydrogens is 268 g/mol. The average molecular weight is 288 g/mol. The lowest BCUT2D eigenvalue weighted by Crippen LogP contribution is -2.43. The van der Waals surface area contributed by atoms with Crippen LogP contribution in [0.5, 0.6) is 0 Å². The molecule has 0 radical (unpaired) electrons. The van der Waals surface area contributed by atoms with E-state index in [1.165, 1.54) is 0 Å². The second-order valence-corrected chi connectivity index (χ2v) is 7.80. The molecule has 0 spiro atoms. The van der Waals surface area contributed by atoms with Crippen LogP contribution in [0.3, 0.4) is 0 Å². The van der Waals surface area contributed by atoms with Crippen LogP contribution in [0.4, 0.5) is 0 Å². The Kier molecular flexibility index (Phi) is 4.77. The molecule has 2 atom stereocenters. The normalized spacial score (nSPS) is 25.2. The Morgan fingerprint density at radius 3 is 2.94 bits per heavy atom. The zero-order valence-corrected chi connectivity index (χ0v) is 12.0. The molecule has 3 N–H and O–H groups in total. The van der Waals surface area contributed by atoms with Crippen molar-refractivity contribution in [3.05, 3.63) is 22.4 Å². The number of nitrogens with two attached hydrogens (primary N) is 1. The molecule has 1 aromatic heterocycles. The molecule has 0 aromatic carbocycles. The van der Waals surface area contributed by atoms with Gasteiger partial charge < -0.3 is 5.73 Å². The molecule has 4 nitrogen and oxygen atoms in total. The van der Waals surface area contributed by atoms with E-state index in [2.05, 4.69) is 4.72 Å². The monoisotopic (exact) mass is 288 g/mol. The zero-order valence-electron chi connectivity index (χ0n) is 10.3. The van der Waals surface area contributed by atoms with Gasteiger partial charge in [0, 0.05) is 17.0 Å².